The molecule has 0 saturated heterocycles. The van der Waals surface area contributed by atoms with E-state index < -0.39 is 0 Å². The third-order valence-corrected chi connectivity index (χ3v) is 1.94. The highest BCUT2D eigenvalue weighted by Gasteiger charge is 2.13. The monoisotopic (exact) mass is 256 g/mol. The summed E-state index contributed by atoms with van der Waals surface area (Å²) in [7, 11) is 0. The first-order chi connectivity index (χ1) is 7.76. The average molecular weight is 257 g/mol. The molecule has 1 rings (SSSR count). The fourth-order valence-corrected chi connectivity index (χ4v) is 1.48. The number of aryl methyl sites for hydroxylation is 1. The molecule has 0 aliphatic rings. The number of hydrogen-bond donors (Lipinski definition) is 2. The Labute approximate surface area is 106 Å². The maximum absolute atomic E-state index is 11.6. The summed E-state index contributed by atoms with van der Waals surface area (Å²) in [5.74, 6) is 1.02. The Morgan fingerprint density at radius 3 is 2.59 bits per heavy atom. The Balaban J connectivity index is 2.53. The minimum absolute atomic E-state index is 0.0927. The molecule has 1 aromatic rings. The standard InChI is InChI=1S/C11H17ClN4O/c1-7-14-8(12)5-9(15-7)13-6-10(17)16-11(2,3)4/h5H,6H2,1-4H3,(H,16,17)(H,13,14,15). The first-order valence-electron chi connectivity index (χ1n) is 5.32. The quantitative estimate of drug-likeness (QED) is 0.809. The molecule has 0 aliphatic heterocycles. The Bertz CT molecular complexity index is 394. The Kier molecular flexibility index (Phi) is 4.28. The van der Waals surface area contributed by atoms with Crippen molar-refractivity contribution in [1.29, 1.82) is 0 Å². The third-order valence-electron chi connectivity index (χ3n) is 1.75. The molecule has 0 atom stereocenters. The number of aromatic nitrogens is 2. The summed E-state index contributed by atoms with van der Waals surface area (Å²) in [5, 5.41) is 6.10. The number of carbonyl (C=O) groups excluding carboxylic acids is 1. The largest absolute Gasteiger partial charge is 0.361 e. The third kappa shape index (κ3) is 5.49. The lowest BCUT2D eigenvalue weighted by Crippen LogP contribution is -2.43. The van der Waals surface area contributed by atoms with E-state index in [1.165, 1.54) is 0 Å². The lowest BCUT2D eigenvalue weighted by Gasteiger charge is -2.20. The SMILES string of the molecule is Cc1nc(Cl)cc(NCC(=O)NC(C)(C)C)n1. The number of nitrogens with one attached hydrogen (secondary N) is 2. The zero-order valence-electron chi connectivity index (χ0n) is 10.5. The van der Waals surface area contributed by atoms with Gasteiger partial charge in [0.1, 0.15) is 16.8 Å². The van der Waals surface area contributed by atoms with Gasteiger partial charge in [0.25, 0.3) is 0 Å². The van der Waals surface area contributed by atoms with Crippen LogP contribution in [0.2, 0.25) is 5.15 Å². The summed E-state index contributed by atoms with van der Waals surface area (Å²) >= 11 is 5.78. The molecule has 0 saturated carbocycles. The van der Waals surface area contributed by atoms with Crippen LogP contribution >= 0.6 is 11.6 Å². The molecular formula is C11H17ClN4O. The summed E-state index contributed by atoms with van der Waals surface area (Å²) in [6, 6.07) is 1.58. The number of amides is 1. The van der Waals surface area contributed by atoms with Crippen molar-refractivity contribution in [1.82, 2.24) is 15.3 Å². The molecule has 0 spiro atoms. The molecule has 0 bridgehead atoms. The Hall–Kier alpha value is -1.36. The van der Waals surface area contributed by atoms with Gasteiger partial charge >= 0.3 is 0 Å². The van der Waals surface area contributed by atoms with Crippen LogP contribution in [0.5, 0.6) is 0 Å². The average Bonchev–Trinajstić information content (AvgIpc) is 2.10. The van der Waals surface area contributed by atoms with Crippen molar-refractivity contribution in [2.75, 3.05) is 11.9 Å². The second kappa shape index (κ2) is 5.31. The molecule has 0 unspecified atom stereocenters. The van der Waals surface area contributed by atoms with Crippen LogP contribution in [-0.4, -0.2) is 28.0 Å². The van der Waals surface area contributed by atoms with Gasteiger partial charge in [-0.25, -0.2) is 9.97 Å². The van der Waals surface area contributed by atoms with Gasteiger partial charge < -0.3 is 10.6 Å². The first kappa shape index (κ1) is 13.7. The van der Waals surface area contributed by atoms with Crippen molar-refractivity contribution in [2.24, 2.45) is 0 Å². The Morgan fingerprint density at radius 2 is 2.06 bits per heavy atom. The summed E-state index contributed by atoms with van der Waals surface area (Å²) in [4.78, 5) is 19.6. The molecule has 0 aromatic carbocycles. The van der Waals surface area contributed by atoms with E-state index in [9.17, 15) is 4.79 Å². The molecule has 5 nitrogen and oxygen atoms in total. The lowest BCUT2D eigenvalue weighted by molar-refractivity contribution is -0.120. The number of carbonyl (C=O) groups is 1. The van der Waals surface area contributed by atoms with Gasteiger partial charge in [-0.15, -0.1) is 0 Å². The van der Waals surface area contributed by atoms with Crippen LogP contribution in [0.4, 0.5) is 5.82 Å². The van der Waals surface area contributed by atoms with Gasteiger partial charge in [0.2, 0.25) is 5.91 Å². The van der Waals surface area contributed by atoms with E-state index >= 15 is 0 Å². The van der Waals surface area contributed by atoms with Gasteiger partial charge in [0, 0.05) is 11.6 Å². The summed E-state index contributed by atoms with van der Waals surface area (Å²) < 4.78 is 0. The summed E-state index contributed by atoms with van der Waals surface area (Å²) in [6.07, 6.45) is 0. The van der Waals surface area contributed by atoms with Crippen LogP contribution in [-0.2, 0) is 4.79 Å². The van der Waals surface area contributed by atoms with E-state index in [0.29, 0.717) is 16.8 Å². The molecule has 0 radical (unpaired) electrons. The molecule has 2 N–H and O–H groups in total. The van der Waals surface area contributed by atoms with E-state index in [2.05, 4.69) is 20.6 Å². The lowest BCUT2D eigenvalue weighted by atomic mass is 10.1. The number of nitrogens with zero attached hydrogens (tertiary/aromatic N) is 2. The van der Waals surface area contributed by atoms with Crippen molar-refractivity contribution < 1.29 is 4.79 Å². The van der Waals surface area contributed by atoms with Gasteiger partial charge in [0.05, 0.1) is 6.54 Å². The predicted molar refractivity (Wildman–Crippen MR) is 68.2 cm³/mol. The van der Waals surface area contributed by atoms with Crippen molar-refractivity contribution in [2.45, 2.75) is 33.2 Å². The molecule has 1 heterocycles. The van der Waals surface area contributed by atoms with Gasteiger partial charge in [-0.05, 0) is 27.7 Å². The van der Waals surface area contributed by atoms with Gasteiger partial charge in [-0.3, -0.25) is 4.79 Å². The van der Waals surface area contributed by atoms with Crippen molar-refractivity contribution in [3.05, 3.63) is 17.0 Å². The van der Waals surface area contributed by atoms with Crippen molar-refractivity contribution in [3.8, 4) is 0 Å². The van der Waals surface area contributed by atoms with Gasteiger partial charge in [0.15, 0.2) is 0 Å². The predicted octanol–water partition coefficient (Wildman–Crippen LogP) is 1.77. The fourth-order valence-electron chi connectivity index (χ4n) is 1.26. The van der Waals surface area contributed by atoms with Crippen LogP contribution in [0.15, 0.2) is 6.07 Å². The van der Waals surface area contributed by atoms with Gasteiger partial charge in [-0.2, -0.15) is 0 Å². The molecule has 94 valence electrons. The maximum Gasteiger partial charge on any atom is 0.239 e. The highest BCUT2D eigenvalue weighted by Crippen LogP contribution is 2.10. The van der Waals surface area contributed by atoms with Crippen molar-refractivity contribution in [3.63, 3.8) is 0 Å². The normalized spacial score (nSPS) is 11.1. The second-order valence-electron chi connectivity index (χ2n) is 4.77. The van der Waals surface area contributed by atoms with E-state index in [4.69, 9.17) is 11.6 Å². The summed E-state index contributed by atoms with van der Waals surface area (Å²) in [5.41, 5.74) is -0.238. The molecular weight excluding hydrogens is 240 g/mol. The minimum atomic E-state index is -0.238. The highest BCUT2D eigenvalue weighted by atomic mass is 35.5. The van der Waals surface area contributed by atoms with Crippen molar-refractivity contribution >= 4 is 23.3 Å². The molecule has 0 aliphatic carbocycles. The van der Waals surface area contributed by atoms with Crippen LogP contribution in [0.3, 0.4) is 0 Å². The second-order valence-corrected chi connectivity index (χ2v) is 5.16. The zero-order chi connectivity index (χ0) is 13.1. The van der Waals surface area contributed by atoms with Crippen LogP contribution < -0.4 is 10.6 Å². The van der Waals surface area contributed by atoms with Gasteiger partial charge in [-0.1, -0.05) is 11.6 Å². The zero-order valence-corrected chi connectivity index (χ0v) is 11.2. The smallest absolute Gasteiger partial charge is 0.239 e. The number of rotatable bonds is 3. The topological polar surface area (TPSA) is 66.9 Å². The Morgan fingerprint density at radius 1 is 1.41 bits per heavy atom. The molecule has 1 amide bonds. The number of halogens is 1. The van der Waals surface area contributed by atoms with E-state index in [1.54, 1.807) is 13.0 Å². The van der Waals surface area contributed by atoms with E-state index in [1.807, 2.05) is 20.8 Å². The van der Waals surface area contributed by atoms with Crippen LogP contribution in [0.1, 0.15) is 26.6 Å². The van der Waals surface area contributed by atoms with Crippen LogP contribution in [0.25, 0.3) is 0 Å². The van der Waals surface area contributed by atoms with E-state index in [0.717, 1.165) is 0 Å². The highest BCUT2D eigenvalue weighted by molar-refractivity contribution is 6.29. The van der Waals surface area contributed by atoms with Crippen LogP contribution in [0, 0.1) is 6.92 Å². The maximum atomic E-state index is 11.6. The van der Waals surface area contributed by atoms with E-state index in [-0.39, 0.29) is 18.0 Å². The number of anilines is 1. The molecule has 17 heavy (non-hydrogen) atoms. The minimum Gasteiger partial charge on any atom is -0.361 e. The molecule has 6 heteroatoms. The molecule has 1 aromatic heterocycles. The summed E-state index contributed by atoms with van der Waals surface area (Å²) in [6.45, 7) is 7.68. The number of hydrogen-bond acceptors (Lipinski definition) is 4. The first-order valence-corrected chi connectivity index (χ1v) is 5.70. The molecule has 0 fully saturated rings. The fraction of sp³-hybridized carbons (Fsp3) is 0.545.